The molecule has 0 aliphatic rings. The quantitative estimate of drug-likeness (QED) is 0.658. The van der Waals surface area contributed by atoms with Crippen LogP contribution in [0.5, 0.6) is 0 Å². The summed E-state index contributed by atoms with van der Waals surface area (Å²) < 4.78 is 27.0. The van der Waals surface area contributed by atoms with Crippen LogP contribution in [-0.4, -0.2) is 18.3 Å². The van der Waals surface area contributed by atoms with E-state index in [4.69, 9.17) is 0 Å². The maximum atomic E-state index is 12.4. The van der Waals surface area contributed by atoms with Crippen LogP contribution in [0.1, 0.15) is 5.56 Å². The SMILES string of the molecule is Cc1ccccc1NS(=O)(=O)c1cccc([N+](=O)[O-])c1[N+](=O)[O-]. The number of nitrogens with zero attached hydrogens (tertiary/aromatic N) is 2. The van der Waals surface area contributed by atoms with Gasteiger partial charge in [0.05, 0.1) is 15.5 Å². The molecule has 9 nitrogen and oxygen atoms in total. The smallest absolute Gasteiger partial charge is 0.279 e. The zero-order valence-electron chi connectivity index (χ0n) is 11.8. The van der Waals surface area contributed by atoms with Crippen LogP contribution in [0.15, 0.2) is 47.4 Å². The van der Waals surface area contributed by atoms with Crippen molar-refractivity contribution in [1.29, 1.82) is 0 Å². The molecular formula is C13H11N3O6S. The second-order valence-electron chi connectivity index (χ2n) is 4.56. The van der Waals surface area contributed by atoms with E-state index in [9.17, 15) is 28.6 Å². The maximum Gasteiger partial charge on any atom is 0.366 e. The third kappa shape index (κ3) is 3.26. The summed E-state index contributed by atoms with van der Waals surface area (Å²) in [5, 5.41) is 22.0. The van der Waals surface area contributed by atoms with Crippen LogP contribution < -0.4 is 4.72 Å². The molecule has 0 fully saturated rings. The van der Waals surface area contributed by atoms with E-state index in [1.54, 1.807) is 25.1 Å². The fraction of sp³-hybridized carbons (Fsp3) is 0.0769. The fourth-order valence-corrected chi connectivity index (χ4v) is 3.27. The van der Waals surface area contributed by atoms with Gasteiger partial charge in [-0.15, -0.1) is 0 Å². The van der Waals surface area contributed by atoms with Crippen molar-refractivity contribution in [2.75, 3.05) is 4.72 Å². The van der Waals surface area contributed by atoms with E-state index in [1.165, 1.54) is 6.07 Å². The average Bonchev–Trinajstić information content (AvgIpc) is 2.48. The van der Waals surface area contributed by atoms with Gasteiger partial charge in [0.1, 0.15) is 0 Å². The third-order valence-corrected chi connectivity index (χ3v) is 4.43. The van der Waals surface area contributed by atoms with Crippen molar-refractivity contribution in [3.63, 3.8) is 0 Å². The molecule has 0 amide bonds. The molecule has 0 saturated carbocycles. The maximum absolute atomic E-state index is 12.4. The Bertz CT molecular complexity index is 894. The number of hydrogen-bond acceptors (Lipinski definition) is 6. The summed E-state index contributed by atoms with van der Waals surface area (Å²) in [4.78, 5) is 19.2. The average molecular weight is 337 g/mol. The molecule has 2 aromatic carbocycles. The molecule has 2 rings (SSSR count). The van der Waals surface area contributed by atoms with Gasteiger partial charge in [-0.3, -0.25) is 25.0 Å². The van der Waals surface area contributed by atoms with Gasteiger partial charge in [-0.05, 0) is 24.6 Å². The Balaban J connectivity index is 2.61. The van der Waals surface area contributed by atoms with Gasteiger partial charge in [-0.25, -0.2) is 8.42 Å². The molecule has 10 heteroatoms. The molecule has 0 aliphatic heterocycles. The van der Waals surface area contributed by atoms with Gasteiger partial charge in [-0.1, -0.05) is 24.3 Å². The van der Waals surface area contributed by atoms with E-state index in [2.05, 4.69) is 4.72 Å². The van der Waals surface area contributed by atoms with E-state index >= 15 is 0 Å². The number of para-hydroxylation sites is 2. The number of sulfonamides is 1. The third-order valence-electron chi connectivity index (χ3n) is 3.04. The number of aryl methyl sites for hydroxylation is 1. The van der Waals surface area contributed by atoms with Gasteiger partial charge in [0, 0.05) is 6.07 Å². The summed E-state index contributed by atoms with van der Waals surface area (Å²) in [6, 6.07) is 9.33. The molecule has 0 aliphatic carbocycles. The Morgan fingerprint density at radius 2 is 1.61 bits per heavy atom. The molecule has 0 unspecified atom stereocenters. The standard InChI is InChI=1S/C13H11N3O6S/c1-9-5-2-3-6-10(9)14-23(21,22)12-8-4-7-11(15(17)18)13(12)16(19)20/h2-8,14H,1H3. The molecule has 0 spiro atoms. The van der Waals surface area contributed by atoms with Gasteiger partial charge in [-0.2, -0.15) is 0 Å². The highest BCUT2D eigenvalue weighted by Crippen LogP contribution is 2.34. The van der Waals surface area contributed by atoms with Crippen LogP contribution in [0.2, 0.25) is 0 Å². The highest BCUT2D eigenvalue weighted by Gasteiger charge is 2.34. The summed E-state index contributed by atoms with van der Waals surface area (Å²) in [6.45, 7) is 1.65. The first kappa shape index (κ1) is 16.4. The van der Waals surface area contributed by atoms with Gasteiger partial charge in [0.15, 0.2) is 4.90 Å². The lowest BCUT2D eigenvalue weighted by Gasteiger charge is -2.10. The van der Waals surface area contributed by atoms with Gasteiger partial charge in [0.2, 0.25) is 0 Å². The van der Waals surface area contributed by atoms with Gasteiger partial charge >= 0.3 is 11.4 Å². The Hall–Kier alpha value is -3.01. The van der Waals surface area contributed by atoms with Crippen molar-refractivity contribution >= 4 is 27.1 Å². The van der Waals surface area contributed by atoms with Crippen LogP contribution in [0.25, 0.3) is 0 Å². The van der Waals surface area contributed by atoms with Crippen molar-refractivity contribution in [1.82, 2.24) is 0 Å². The van der Waals surface area contributed by atoms with Crippen LogP contribution in [0.4, 0.5) is 17.1 Å². The Morgan fingerprint density at radius 3 is 2.17 bits per heavy atom. The molecule has 0 bridgehead atoms. The van der Waals surface area contributed by atoms with Crippen LogP contribution in [-0.2, 0) is 10.0 Å². The monoisotopic (exact) mass is 337 g/mol. The summed E-state index contributed by atoms with van der Waals surface area (Å²) >= 11 is 0. The first-order valence-corrected chi connectivity index (χ1v) is 7.72. The summed E-state index contributed by atoms with van der Waals surface area (Å²) in [5.41, 5.74) is -1.13. The molecular weight excluding hydrogens is 326 g/mol. The number of hydrogen-bond donors (Lipinski definition) is 1. The lowest BCUT2D eigenvalue weighted by molar-refractivity contribution is -0.424. The zero-order chi connectivity index (χ0) is 17.2. The predicted molar refractivity (Wildman–Crippen MR) is 81.7 cm³/mol. The molecule has 0 atom stereocenters. The minimum Gasteiger partial charge on any atom is -0.279 e. The summed E-state index contributed by atoms with van der Waals surface area (Å²) in [7, 11) is -4.36. The van der Waals surface area contributed by atoms with E-state index in [-0.39, 0.29) is 5.69 Å². The normalized spacial score (nSPS) is 11.0. The van der Waals surface area contributed by atoms with Crippen molar-refractivity contribution in [2.45, 2.75) is 11.8 Å². The molecule has 0 heterocycles. The first-order chi connectivity index (χ1) is 10.7. The Kier molecular flexibility index (Phi) is 4.27. The van der Waals surface area contributed by atoms with E-state index in [0.717, 1.165) is 18.2 Å². The fourth-order valence-electron chi connectivity index (χ4n) is 1.95. The zero-order valence-corrected chi connectivity index (χ0v) is 12.6. The summed E-state index contributed by atoms with van der Waals surface area (Å²) in [5.74, 6) is 0. The number of anilines is 1. The van der Waals surface area contributed by atoms with Gasteiger partial charge < -0.3 is 0 Å². The Labute approximate surface area is 130 Å². The second-order valence-corrected chi connectivity index (χ2v) is 6.21. The molecule has 23 heavy (non-hydrogen) atoms. The highest BCUT2D eigenvalue weighted by atomic mass is 32.2. The number of nitro benzene ring substituents is 2. The molecule has 0 aromatic heterocycles. The molecule has 120 valence electrons. The highest BCUT2D eigenvalue weighted by molar-refractivity contribution is 7.92. The Morgan fingerprint density at radius 1 is 0.957 bits per heavy atom. The number of benzene rings is 2. The van der Waals surface area contributed by atoms with E-state index in [0.29, 0.717) is 5.56 Å². The van der Waals surface area contributed by atoms with Crippen LogP contribution in [0.3, 0.4) is 0 Å². The largest absolute Gasteiger partial charge is 0.366 e. The predicted octanol–water partition coefficient (Wildman–Crippen LogP) is 2.61. The van der Waals surface area contributed by atoms with Crippen molar-refractivity contribution in [2.24, 2.45) is 0 Å². The lowest BCUT2D eigenvalue weighted by Crippen LogP contribution is -2.16. The second kappa shape index (κ2) is 6.01. The first-order valence-electron chi connectivity index (χ1n) is 6.24. The van der Waals surface area contributed by atoms with E-state index < -0.39 is 36.1 Å². The molecule has 2 aromatic rings. The van der Waals surface area contributed by atoms with Crippen LogP contribution in [0, 0.1) is 27.2 Å². The minimum atomic E-state index is -4.36. The summed E-state index contributed by atoms with van der Waals surface area (Å²) in [6.07, 6.45) is 0. The molecule has 1 N–H and O–H groups in total. The van der Waals surface area contributed by atoms with E-state index in [1.807, 2.05) is 0 Å². The molecule has 0 radical (unpaired) electrons. The number of rotatable bonds is 5. The van der Waals surface area contributed by atoms with Crippen molar-refractivity contribution < 1.29 is 18.3 Å². The number of nitro groups is 2. The topological polar surface area (TPSA) is 132 Å². The van der Waals surface area contributed by atoms with Crippen molar-refractivity contribution in [3.05, 3.63) is 68.3 Å². The molecule has 0 saturated heterocycles. The van der Waals surface area contributed by atoms with Gasteiger partial charge in [0.25, 0.3) is 10.0 Å². The van der Waals surface area contributed by atoms with Crippen LogP contribution >= 0.6 is 0 Å². The lowest BCUT2D eigenvalue weighted by atomic mass is 10.2. The van der Waals surface area contributed by atoms with Crippen molar-refractivity contribution in [3.8, 4) is 0 Å². The minimum absolute atomic E-state index is 0.230. The number of nitrogens with one attached hydrogen (secondary N) is 1.